The highest BCUT2D eigenvalue weighted by Gasteiger charge is 2.37. The first-order valence-corrected chi connectivity index (χ1v) is 8.05. The van der Waals surface area contributed by atoms with E-state index in [9.17, 15) is 8.42 Å². The SMILES string of the molecule is CCCCN(C1CC1)S(=O)(=O)c1cnc(NC)nc1. The van der Waals surface area contributed by atoms with Crippen LogP contribution >= 0.6 is 0 Å². The fourth-order valence-electron chi connectivity index (χ4n) is 1.89. The summed E-state index contributed by atoms with van der Waals surface area (Å²) in [6.45, 7) is 2.64. The lowest BCUT2D eigenvalue weighted by Crippen LogP contribution is -2.34. The maximum absolute atomic E-state index is 12.5. The van der Waals surface area contributed by atoms with Gasteiger partial charge >= 0.3 is 0 Å². The summed E-state index contributed by atoms with van der Waals surface area (Å²) in [5, 5.41) is 2.77. The molecule has 0 radical (unpaired) electrons. The average molecular weight is 284 g/mol. The van der Waals surface area contributed by atoms with Gasteiger partial charge in [-0.3, -0.25) is 0 Å². The second kappa shape index (κ2) is 5.83. The second-order valence-corrected chi connectivity index (χ2v) is 6.58. The molecular formula is C12H20N4O2S. The molecule has 0 aliphatic heterocycles. The van der Waals surface area contributed by atoms with Gasteiger partial charge in [0.05, 0.1) is 12.4 Å². The van der Waals surface area contributed by atoms with Gasteiger partial charge in [0.15, 0.2) is 0 Å². The molecule has 1 aromatic heterocycles. The standard InChI is InChI=1S/C12H20N4O2S/c1-3-4-7-16(10-5-6-10)19(17,18)11-8-14-12(13-2)15-9-11/h8-10H,3-7H2,1-2H3,(H,13,14,15). The van der Waals surface area contributed by atoms with Crippen LogP contribution in [0.4, 0.5) is 5.95 Å². The Morgan fingerprint density at radius 2 is 2.00 bits per heavy atom. The third kappa shape index (κ3) is 3.22. The van der Waals surface area contributed by atoms with Crippen LogP contribution in [-0.4, -0.2) is 42.3 Å². The topological polar surface area (TPSA) is 75.2 Å². The van der Waals surface area contributed by atoms with Gasteiger partial charge in [-0.15, -0.1) is 0 Å². The zero-order valence-electron chi connectivity index (χ0n) is 11.3. The van der Waals surface area contributed by atoms with Crippen molar-refractivity contribution in [3.63, 3.8) is 0 Å². The molecule has 0 bridgehead atoms. The number of nitrogens with zero attached hydrogens (tertiary/aromatic N) is 3. The van der Waals surface area contributed by atoms with Crippen LogP contribution in [0.5, 0.6) is 0 Å². The summed E-state index contributed by atoms with van der Waals surface area (Å²) in [6, 6.07) is 0.167. The van der Waals surface area contributed by atoms with Gasteiger partial charge < -0.3 is 5.32 Å². The Labute approximate surface area is 114 Å². The van der Waals surface area contributed by atoms with Crippen molar-refractivity contribution in [1.29, 1.82) is 0 Å². The Morgan fingerprint density at radius 1 is 1.37 bits per heavy atom. The first-order valence-electron chi connectivity index (χ1n) is 6.61. The monoisotopic (exact) mass is 284 g/mol. The van der Waals surface area contributed by atoms with E-state index in [0.717, 1.165) is 25.7 Å². The Bertz CT molecular complexity index is 511. The van der Waals surface area contributed by atoms with Crippen molar-refractivity contribution in [3.8, 4) is 0 Å². The molecule has 1 saturated carbocycles. The van der Waals surface area contributed by atoms with Crippen molar-refractivity contribution in [2.24, 2.45) is 0 Å². The van der Waals surface area contributed by atoms with E-state index in [1.807, 2.05) is 0 Å². The molecule has 2 rings (SSSR count). The van der Waals surface area contributed by atoms with Crippen LogP contribution in [0.1, 0.15) is 32.6 Å². The van der Waals surface area contributed by atoms with E-state index < -0.39 is 10.0 Å². The summed E-state index contributed by atoms with van der Waals surface area (Å²) in [4.78, 5) is 8.13. The third-order valence-electron chi connectivity index (χ3n) is 3.14. The maximum atomic E-state index is 12.5. The lowest BCUT2D eigenvalue weighted by molar-refractivity contribution is 0.395. The van der Waals surface area contributed by atoms with Crippen molar-refractivity contribution in [2.75, 3.05) is 18.9 Å². The van der Waals surface area contributed by atoms with Crippen molar-refractivity contribution in [2.45, 2.75) is 43.5 Å². The number of sulfonamides is 1. The molecule has 0 spiro atoms. The highest BCUT2D eigenvalue weighted by atomic mass is 32.2. The summed E-state index contributed by atoms with van der Waals surface area (Å²) in [5.41, 5.74) is 0. The minimum absolute atomic E-state index is 0.167. The van der Waals surface area contributed by atoms with E-state index in [2.05, 4.69) is 22.2 Å². The van der Waals surface area contributed by atoms with Crippen LogP contribution in [-0.2, 0) is 10.0 Å². The fraction of sp³-hybridized carbons (Fsp3) is 0.667. The quantitative estimate of drug-likeness (QED) is 0.820. The van der Waals surface area contributed by atoms with Crippen LogP contribution in [0.3, 0.4) is 0 Å². The highest BCUT2D eigenvalue weighted by Crippen LogP contribution is 2.32. The molecule has 1 heterocycles. The smallest absolute Gasteiger partial charge is 0.246 e. The molecule has 6 nitrogen and oxygen atoms in total. The van der Waals surface area contributed by atoms with Gasteiger partial charge in [0, 0.05) is 19.6 Å². The summed E-state index contributed by atoms with van der Waals surface area (Å²) in [6.07, 6.45) is 6.51. The molecule has 106 valence electrons. The zero-order valence-corrected chi connectivity index (χ0v) is 12.2. The predicted molar refractivity (Wildman–Crippen MR) is 73.4 cm³/mol. The van der Waals surface area contributed by atoms with E-state index in [1.165, 1.54) is 12.4 Å². The molecule has 0 saturated heterocycles. The van der Waals surface area contributed by atoms with Gasteiger partial charge in [-0.1, -0.05) is 13.3 Å². The number of rotatable bonds is 7. The van der Waals surface area contributed by atoms with Gasteiger partial charge in [-0.05, 0) is 19.3 Å². The predicted octanol–water partition coefficient (Wildman–Crippen LogP) is 1.47. The average Bonchev–Trinajstić information content (AvgIpc) is 3.23. The molecule has 1 fully saturated rings. The molecule has 19 heavy (non-hydrogen) atoms. The van der Waals surface area contributed by atoms with Gasteiger partial charge in [0.2, 0.25) is 16.0 Å². The van der Waals surface area contributed by atoms with Crippen LogP contribution in [0, 0.1) is 0 Å². The van der Waals surface area contributed by atoms with Crippen LogP contribution in [0.25, 0.3) is 0 Å². The van der Waals surface area contributed by atoms with Crippen LogP contribution in [0.15, 0.2) is 17.3 Å². The first-order chi connectivity index (χ1) is 9.09. The molecule has 1 aromatic rings. The van der Waals surface area contributed by atoms with E-state index in [1.54, 1.807) is 11.4 Å². The molecule has 0 unspecified atom stereocenters. The maximum Gasteiger partial charge on any atom is 0.246 e. The molecule has 1 aliphatic carbocycles. The third-order valence-corrected chi connectivity index (χ3v) is 5.05. The Hall–Kier alpha value is -1.21. The fourth-order valence-corrected chi connectivity index (χ4v) is 3.50. The molecule has 1 aliphatic rings. The number of hydrogen-bond donors (Lipinski definition) is 1. The number of hydrogen-bond acceptors (Lipinski definition) is 5. The number of aromatic nitrogens is 2. The molecule has 0 amide bonds. The Balaban J connectivity index is 2.22. The van der Waals surface area contributed by atoms with Crippen molar-refractivity contribution < 1.29 is 8.42 Å². The van der Waals surface area contributed by atoms with E-state index in [0.29, 0.717) is 12.5 Å². The van der Waals surface area contributed by atoms with Crippen molar-refractivity contribution in [1.82, 2.24) is 14.3 Å². The minimum Gasteiger partial charge on any atom is -0.357 e. The van der Waals surface area contributed by atoms with E-state index >= 15 is 0 Å². The van der Waals surface area contributed by atoms with E-state index in [-0.39, 0.29) is 10.9 Å². The van der Waals surface area contributed by atoms with Gasteiger partial charge in [-0.2, -0.15) is 4.31 Å². The molecule has 0 atom stereocenters. The molecule has 1 N–H and O–H groups in total. The first kappa shape index (κ1) is 14.2. The van der Waals surface area contributed by atoms with E-state index in [4.69, 9.17) is 0 Å². The minimum atomic E-state index is -3.45. The van der Waals surface area contributed by atoms with Crippen molar-refractivity contribution in [3.05, 3.63) is 12.4 Å². The molecule has 7 heteroatoms. The Kier molecular flexibility index (Phi) is 4.36. The van der Waals surface area contributed by atoms with Gasteiger partial charge in [-0.25, -0.2) is 18.4 Å². The largest absolute Gasteiger partial charge is 0.357 e. The van der Waals surface area contributed by atoms with Gasteiger partial charge in [0.1, 0.15) is 4.90 Å². The lowest BCUT2D eigenvalue weighted by atomic mass is 10.3. The molecular weight excluding hydrogens is 264 g/mol. The summed E-state index contributed by atoms with van der Waals surface area (Å²) >= 11 is 0. The molecule has 0 aromatic carbocycles. The summed E-state index contributed by atoms with van der Waals surface area (Å²) in [5.74, 6) is 0.422. The van der Waals surface area contributed by atoms with Crippen molar-refractivity contribution >= 4 is 16.0 Å². The number of anilines is 1. The highest BCUT2D eigenvalue weighted by molar-refractivity contribution is 7.89. The summed E-state index contributed by atoms with van der Waals surface area (Å²) in [7, 11) is -1.76. The number of nitrogens with one attached hydrogen (secondary N) is 1. The van der Waals surface area contributed by atoms with Crippen LogP contribution < -0.4 is 5.32 Å². The normalized spacial score (nSPS) is 15.7. The Morgan fingerprint density at radius 3 is 2.47 bits per heavy atom. The van der Waals surface area contributed by atoms with Crippen LogP contribution in [0.2, 0.25) is 0 Å². The second-order valence-electron chi connectivity index (χ2n) is 4.69. The number of unbranched alkanes of at least 4 members (excludes halogenated alkanes) is 1. The zero-order chi connectivity index (χ0) is 13.9. The lowest BCUT2D eigenvalue weighted by Gasteiger charge is -2.21. The van der Waals surface area contributed by atoms with Gasteiger partial charge in [0.25, 0.3) is 0 Å². The summed E-state index contributed by atoms with van der Waals surface area (Å²) < 4.78 is 26.7.